The predicted molar refractivity (Wildman–Crippen MR) is 116 cm³/mol. The molecule has 2 rings (SSSR count). The van der Waals surface area contributed by atoms with Gasteiger partial charge in [-0.05, 0) is 31.9 Å². The molecule has 30 heavy (non-hydrogen) atoms. The van der Waals surface area contributed by atoms with Crippen molar-refractivity contribution in [1.29, 1.82) is 0 Å². The normalized spacial score (nSPS) is 20.2. The van der Waals surface area contributed by atoms with Crippen molar-refractivity contribution in [3.63, 3.8) is 0 Å². The molecular weight excluding hydrogens is 384 g/mol. The van der Waals surface area contributed by atoms with E-state index in [0.717, 1.165) is 12.0 Å². The Labute approximate surface area is 178 Å². The number of likely N-dealkylation sites (N-methyl/N-ethyl adjacent to an activating group) is 1. The highest BCUT2D eigenvalue weighted by Crippen LogP contribution is 2.27. The molecule has 0 radical (unpaired) electrons. The van der Waals surface area contributed by atoms with Crippen molar-refractivity contribution in [3.8, 4) is 5.88 Å². The number of carbonyl (C=O) groups is 2. The Morgan fingerprint density at radius 3 is 2.90 bits per heavy atom. The molecule has 0 spiro atoms. The molecule has 0 saturated heterocycles. The number of hydrogen-bond acceptors (Lipinski definition) is 5. The van der Waals surface area contributed by atoms with Gasteiger partial charge >= 0.3 is 6.03 Å². The molecule has 2 N–H and O–H groups in total. The lowest BCUT2D eigenvalue weighted by molar-refractivity contribution is 0.0352. The van der Waals surface area contributed by atoms with Gasteiger partial charge in [0.05, 0.1) is 19.2 Å². The van der Waals surface area contributed by atoms with E-state index < -0.39 is 0 Å². The minimum atomic E-state index is -0.359. The third-order valence-electron chi connectivity index (χ3n) is 5.23. The van der Waals surface area contributed by atoms with Crippen LogP contribution < -0.4 is 10.1 Å². The molecule has 8 heteroatoms. The highest BCUT2D eigenvalue weighted by molar-refractivity contribution is 5.97. The minimum Gasteiger partial charge on any atom is -0.472 e. The van der Waals surface area contributed by atoms with Gasteiger partial charge < -0.3 is 25.0 Å². The minimum absolute atomic E-state index is 0.0745. The van der Waals surface area contributed by atoms with Crippen molar-refractivity contribution in [2.24, 2.45) is 5.92 Å². The second-order valence-corrected chi connectivity index (χ2v) is 7.86. The number of nitrogens with one attached hydrogen (secondary N) is 1. The van der Waals surface area contributed by atoms with Crippen molar-refractivity contribution in [2.45, 2.75) is 46.3 Å². The highest BCUT2D eigenvalue weighted by Gasteiger charge is 2.34. The highest BCUT2D eigenvalue weighted by atomic mass is 16.5. The van der Waals surface area contributed by atoms with Crippen molar-refractivity contribution < 1.29 is 19.4 Å². The maximum Gasteiger partial charge on any atom is 0.317 e. The summed E-state index contributed by atoms with van der Waals surface area (Å²) in [6.07, 6.45) is 5.90. The fourth-order valence-corrected chi connectivity index (χ4v) is 3.34. The standard InChI is InChI=1S/C22H34N4O4/c1-6-8-17-10-18-20(24-11-17)30-19(13-25(5)22(29)23-9-7-2)15(3)12-26(21(18)28)16(4)14-27/h6,8,10-11,15-16,19,27H,7,9,12-14H2,1-5H3,(H,23,29)/b8-6+/t15-,16+,19+/m1/s1. The van der Waals surface area contributed by atoms with E-state index in [0.29, 0.717) is 25.2 Å². The first-order chi connectivity index (χ1) is 14.3. The molecule has 0 saturated carbocycles. The number of pyridine rings is 1. The molecule has 0 aromatic carbocycles. The van der Waals surface area contributed by atoms with Crippen LogP contribution in [-0.2, 0) is 0 Å². The molecule has 166 valence electrons. The zero-order valence-electron chi connectivity index (χ0n) is 18.6. The van der Waals surface area contributed by atoms with E-state index >= 15 is 0 Å². The van der Waals surface area contributed by atoms with Crippen LogP contribution >= 0.6 is 0 Å². The summed E-state index contributed by atoms with van der Waals surface area (Å²) in [4.78, 5) is 33.2. The second-order valence-electron chi connectivity index (χ2n) is 7.86. The van der Waals surface area contributed by atoms with Gasteiger partial charge in [-0.15, -0.1) is 0 Å². The van der Waals surface area contributed by atoms with Gasteiger partial charge in [0.1, 0.15) is 11.7 Å². The van der Waals surface area contributed by atoms with Crippen LogP contribution in [0.4, 0.5) is 4.79 Å². The predicted octanol–water partition coefficient (Wildman–Crippen LogP) is 2.39. The molecule has 1 aromatic rings. The lowest BCUT2D eigenvalue weighted by atomic mass is 10.00. The van der Waals surface area contributed by atoms with Crippen LogP contribution in [0.1, 0.15) is 50.0 Å². The van der Waals surface area contributed by atoms with E-state index in [4.69, 9.17) is 4.74 Å². The topological polar surface area (TPSA) is 95.0 Å². The summed E-state index contributed by atoms with van der Waals surface area (Å²) < 4.78 is 6.17. The number of rotatable bonds is 7. The average Bonchev–Trinajstić information content (AvgIpc) is 2.74. The van der Waals surface area contributed by atoms with E-state index in [1.807, 2.05) is 39.8 Å². The Hall–Kier alpha value is -2.61. The van der Waals surface area contributed by atoms with Crippen molar-refractivity contribution in [1.82, 2.24) is 20.1 Å². The summed E-state index contributed by atoms with van der Waals surface area (Å²) in [6.45, 7) is 8.92. The second kappa shape index (κ2) is 11.0. The van der Waals surface area contributed by atoms with Crippen LogP contribution in [0.3, 0.4) is 0 Å². The number of aliphatic hydroxyl groups excluding tert-OH is 1. The number of urea groups is 1. The van der Waals surface area contributed by atoms with Gasteiger partial charge in [0.2, 0.25) is 5.88 Å². The molecule has 0 bridgehead atoms. The van der Waals surface area contributed by atoms with Crippen LogP contribution in [-0.4, -0.2) is 77.3 Å². The average molecular weight is 419 g/mol. The van der Waals surface area contributed by atoms with Crippen LogP contribution in [0.2, 0.25) is 0 Å². The molecule has 0 unspecified atom stereocenters. The largest absolute Gasteiger partial charge is 0.472 e. The monoisotopic (exact) mass is 418 g/mol. The third-order valence-corrected chi connectivity index (χ3v) is 5.23. The molecular formula is C22H34N4O4. The summed E-state index contributed by atoms with van der Waals surface area (Å²) in [5, 5.41) is 12.6. The van der Waals surface area contributed by atoms with Crippen LogP contribution in [0.25, 0.3) is 6.08 Å². The molecule has 1 aliphatic heterocycles. The molecule has 0 fully saturated rings. The van der Waals surface area contributed by atoms with Crippen molar-refractivity contribution >= 4 is 18.0 Å². The van der Waals surface area contributed by atoms with Gasteiger partial charge in [0, 0.05) is 32.3 Å². The number of fused-ring (bicyclic) bond motifs is 1. The molecule has 2 heterocycles. The van der Waals surface area contributed by atoms with E-state index in [1.165, 1.54) is 0 Å². The number of carbonyl (C=O) groups excluding carboxylic acids is 2. The van der Waals surface area contributed by atoms with Crippen molar-refractivity contribution in [2.75, 3.05) is 33.3 Å². The number of aliphatic hydroxyl groups is 1. The molecule has 3 atom stereocenters. The summed E-state index contributed by atoms with van der Waals surface area (Å²) in [6, 6.07) is 1.25. The Kier molecular flexibility index (Phi) is 8.65. The first kappa shape index (κ1) is 23.7. The summed E-state index contributed by atoms with van der Waals surface area (Å²) in [5.74, 6) is -0.0402. The van der Waals surface area contributed by atoms with E-state index in [2.05, 4.69) is 10.3 Å². The summed E-state index contributed by atoms with van der Waals surface area (Å²) in [7, 11) is 1.72. The summed E-state index contributed by atoms with van der Waals surface area (Å²) >= 11 is 0. The molecule has 1 aromatic heterocycles. The van der Waals surface area contributed by atoms with Gasteiger partial charge in [-0.25, -0.2) is 9.78 Å². The molecule has 3 amide bonds. The molecule has 0 aliphatic carbocycles. The maximum atomic E-state index is 13.2. The zero-order valence-corrected chi connectivity index (χ0v) is 18.6. The van der Waals surface area contributed by atoms with Crippen molar-refractivity contribution in [3.05, 3.63) is 29.5 Å². The molecule has 1 aliphatic rings. The maximum absolute atomic E-state index is 13.2. The quantitative estimate of drug-likeness (QED) is 0.709. The van der Waals surface area contributed by atoms with Crippen LogP contribution in [0, 0.1) is 5.92 Å². The number of ether oxygens (including phenoxy) is 1. The van der Waals surface area contributed by atoms with E-state index in [1.54, 1.807) is 29.1 Å². The Morgan fingerprint density at radius 2 is 2.27 bits per heavy atom. The van der Waals surface area contributed by atoms with E-state index in [9.17, 15) is 14.7 Å². The number of allylic oxidation sites excluding steroid dienone is 1. The smallest absolute Gasteiger partial charge is 0.317 e. The van der Waals surface area contributed by atoms with Gasteiger partial charge in [0.15, 0.2) is 0 Å². The Bertz CT molecular complexity index is 768. The lowest BCUT2D eigenvalue weighted by Gasteiger charge is -2.37. The number of nitrogens with zero attached hydrogens (tertiary/aromatic N) is 3. The Morgan fingerprint density at radius 1 is 1.53 bits per heavy atom. The van der Waals surface area contributed by atoms with Gasteiger partial charge in [-0.1, -0.05) is 26.0 Å². The summed E-state index contributed by atoms with van der Waals surface area (Å²) in [5.41, 5.74) is 1.16. The van der Waals surface area contributed by atoms with Crippen LogP contribution in [0.5, 0.6) is 5.88 Å². The zero-order chi connectivity index (χ0) is 22.3. The Balaban J connectivity index is 2.37. The number of amides is 3. The van der Waals surface area contributed by atoms with Crippen LogP contribution in [0.15, 0.2) is 18.3 Å². The third kappa shape index (κ3) is 5.72. The van der Waals surface area contributed by atoms with E-state index in [-0.39, 0.29) is 42.5 Å². The van der Waals surface area contributed by atoms with Gasteiger partial charge in [-0.2, -0.15) is 0 Å². The fraction of sp³-hybridized carbons (Fsp3) is 0.591. The van der Waals surface area contributed by atoms with Gasteiger partial charge in [-0.3, -0.25) is 4.79 Å². The fourth-order valence-electron chi connectivity index (χ4n) is 3.34. The first-order valence-corrected chi connectivity index (χ1v) is 10.5. The molecule has 8 nitrogen and oxygen atoms in total. The lowest BCUT2D eigenvalue weighted by Crippen LogP contribution is -2.51. The number of aromatic nitrogens is 1. The number of hydrogen-bond donors (Lipinski definition) is 2. The van der Waals surface area contributed by atoms with Gasteiger partial charge in [0.25, 0.3) is 5.91 Å². The SMILES string of the molecule is C/C=C/c1cnc2c(c1)C(=O)N([C@@H](C)CO)C[C@@H](C)[C@H](CN(C)C(=O)NCCC)O2. The first-order valence-electron chi connectivity index (χ1n) is 10.5.